The van der Waals surface area contributed by atoms with E-state index in [0.29, 0.717) is 12.3 Å². The quantitative estimate of drug-likeness (QED) is 0.752. The Balaban J connectivity index is 2.10. The first-order chi connectivity index (χ1) is 12.7. The summed E-state index contributed by atoms with van der Waals surface area (Å²) < 4.78 is 31.0. The van der Waals surface area contributed by atoms with Gasteiger partial charge in [-0.1, -0.05) is 30.3 Å². The molecule has 0 saturated carbocycles. The van der Waals surface area contributed by atoms with Gasteiger partial charge in [0, 0.05) is 0 Å². The van der Waals surface area contributed by atoms with Crippen LogP contribution in [0.5, 0.6) is 5.75 Å². The van der Waals surface area contributed by atoms with Crippen LogP contribution in [0.1, 0.15) is 31.0 Å². The fourth-order valence-corrected chi connectivity index (χ4v) is 3.66. The fraction of sp³-hybridized carbons (Fsp3) is 0.350. The molecule has 7 heteroatoms. The molecular formula is C20H26N2O4S. The van der Waals surface area contributed by atoms with E-state index in [9.17, 15) is 13.2 Å². The predicted octanol–water partition coefficient (Wildman–Crippen LogP) is 3.04. The van der Waals surface area contributed by atoms with E-state index in [0.717, 1.165) is 27.4 Å². The van der Waals surface area contributed by atoms with Gasteiger partial charge in [0.25, 0.3) is 0 Å². The number of hydrogen-bond donors (Lipinski definition) is 1. The normalized spacial score (nSPS) is 12.3. The maximum Gasteiger partial charge on any atom is 0.241 e. The highest BCUT2D eigenvalue weighted by Gasteiger charge is 2.23. The van der Waals surface area contributed by atoms with Gasteiger partial charge in [-0.2, -0.15) is 0 Å². The van der Waals surface area contributed by atoms with Gasteiger partial charge in [0.2, 0.25) is 15.9 Å². The minimum Gasteiger partial charge on any atom is -0.494 e. The molecule has 2 rings (SSSR count). The van der Waals surface area contributed by atoms with Crippen molar-refractivity contribution < 1.29 is 17.9 Å². The second-order valence-electron chi connectivity index (χ2n) is 6.35. The smallest absolute Gasteiger partial charge is 0.241 e. The highest BCUT2D eigenvalue weighted by Crippen LogP contribution is 2.22. The third kappa shape index (κ3) is 5.72. The summed E-state index contributed by atoms with van der Waals surface area (Å²) in [5.74, 6) is 0.396. The molecule has 27 heavy (non-hydrogen) atoms. The van der Waals surface area contributed by atoms with Crippen LogP contribution in [0.4, 0.5) is 5.69 Å². The van der Waals surface area contributed by atoms with Crippen LogP contribution >= 0.6 is 0 Å². The third-order valence-electron chi connectivity index (χ3n) is 4.14. The summed E-state index contributed by atoms with van der Waals surface area (Å²) in [5.41, 5.74) is 2.20. The molecule has 1 N–H and O–H groups in total. The predicted molar refractivity (Wildman–Crippen MR) is 108 cm³/mol. The lowest BCUT2D eigenvalue weighted by molar-refractivity contribution is -0.120. The standard InChI is InChI=1S/C20H26N2O4S/c1-5-26-18-12-10-17(11-13-18)16(3)21-20(23)14-22(27(4,24)25)19-9-7-6-8-15(19)2/h6-13,16H,5,14H2,1-4H3,(H,21,23). The monoisotopic (exact) mass is 390 g/mol. The molecule has 2 aromatic carbocycles. The Bertz CT molecular complexity index is 879. The molecule has 146 valence electrons. The molecular weight excluding hydrogens is 364 g/mol. The molecule has 0 aromatic heterocycles. The lowest BCUT2D eigenvalue weighted by Gasteiger charge is -2.24. The van der Waals surface area contributed by atoms with E-state index in [4.69, 9.17) is 4.74 Å². The van der Waals surface area contributed by atoms with Crippen LogP contribution in [0.15, 0.2) is 48.5 Å². The Kier molecular flexibility index (Phi) is 6.85. The van der Waals surface area contributed by atoms with Gasteiger partial charge in [0.15, 0.2) is 0 Å². The summed E-state index contributed by atoms with van der Waals surface area (Å²) in [6.07, 6.45) is 1.10. The molecule has 1 atom stereocenters. The number of ether oxygens (including phenoxy) is 1. The number of carbonyl (C=O) groups excluding carboxylic acids is 1. The maximum atomic E-state index is 12.5. The first kappa shape index (κ1) is 20.8. The van der Waals surface area contributed by atoms with E-state index in [1.54, 1.807) is 12.1 Å². The number of rotatable bonds is 8. The lowest BCUT2D eigenvalue weighted by atomic mass is 10.1. The number of nitrogens with zero attached hydrogens (tertiary/aromatic N) is 1. The molecule has 1 unspecified atom stereocenters. The van der Waals surface area contributed by atoms with Crippen molar-refractivity contribution in [3.63, 3.8) is 0 Å². The zero-order chi connectivity index (χ0) is 20.0. The van der Waals surface area contributed by atoms with Crippen molar-refractivity contribution in [3.05, 3.63) is 59.7 Å². The van der Waals surface area contributed by atoms with Crippen LogP contribution in [0, 0.1) is 6.92 Å². The number of hydrogen-bond acceptors (Lipinski definition) is 4. The number of para-hydroxylation sites is 1. The molecule has 0 bridgehead atoms. The van der Waals surface area contributed by atoms with Crippen LogP contribution in [0.2, 0.25) is 0 Å². The summed E-state index contributed by atoms with van der Waals surface area (Å²) in [6.45, 7) is 5.90. The van der Waals surface area contributed by atoms with Crippen molar-refractivity contribution in [1.29, 1.82) is 0 Å². The highest BCUT2D eigenvalue weighted by molar-refractivity contribution is 7.92. The number of carbonyl (C=O) groups is 1. The SMILES string of the molecule is CCOc1ccc(C(C)NC(=O)CN(c2ccccc2C)S(C)(=O)=O)cc1. The minimum atomic E-state index is -3.59. The molecule has 0 aliphatic rings. The third-order valence-corrected chi connectivity index (χ3v) is 5.27. The van der Waals surface area contributed by atoms with Crippen LogP contribution in [0.3, 0.4) is 0 Å². The van der Waals surface area contributed by atoms with Gasteiger partial charge in [0.1, 0.15) is 12.3 Å². The minimum absolute atomic E-state index is 0.258. The Hall–Kier alpha value is -2.54. The lowest BCUT2D eigenvalue weighted by Crippen LogP contribution is -2.41. The van der Waals surface area contributed by atoms with Gasteiger partial charge in [-0.3, -0.25) is 9.10 Å². The molecule has 2 aromatic rings. The molecule has 0 fully saturated rings. The Morgan fingerprint density at radius 2 is 1.78 bits per heavy atom. The molecule has 0 aliphatic heterocycles. The number of anilines is 1. The summed E-state index contributed by atoms with van der Waals surface area (Å²) >= 11 is 0. The Morgan fingerprint density at radius 3 is 2.33 bits per heavy atom. The van der Waals surface area contributed by atoms with Crippen molar-refractivity contribution in [1.82, 2.24) is 5.32 Å². The average Bonchev–Trinajstić information content (AvgIpc) is 2.60. The molecule has 0 heterocycles. The molecule has 6 nitrogen and oxygen atoms in total. The first-order valence-electron chi connectivity index (χ1n) is 8.77. The van der Waals surface area contributed by atoms with Crippen LogP contribution in [-0.2, 0) is 14.8 Å². The Labute approximate surface area is 161 Å². The molecule has 1 amide bonds. The second kappa shape index (κ2) is 8.90. The van der Waals surface area contributed by atoms with E-state index in [1.165, 1.54) is 0 Å². The second-order valence-corrected chi connectivity index (χ2v) is 8.25. The van der Waals surface area contributed by atoms with Crippen LogP contribution < -0.4 is 14.4 Å². The fourth-order valence-electron chi connectivity index (χ4n) is 2.74. The number of sulfonamides is 1. The maximum absolute atomic E-state index is 12.5. The number of nitrogens with one attached hydrogen (secondary N) is 1. The van der Waals surface area contributed by atoms with Gasteiger partial charge in [0.05, 0.1) is 24.6 Å². The number of benzene rings is 2. The zero-order valence-electron chi connectivity index (χ0n) is 16.1. The van der Waals surface area contributed by atoms with E-state index >= 15 is 0 Å². The van der Waals surface area contributed by atoms with E-state index in [-0.39, 0.29) is 18.5 Å². The summed E-state index contributed by atoms with van der Waals surface area (Å²) in [4.78, 5) is 12.5. The molecule has 0 aliphatic carbocycles. The van der Waals surface area contributed by atoms with Crippen molar-refractivity contribution in [2.45, 2.75) is 26.8 Å². The van der Waals surface area contributed by atoms with Crippen molar-refractivity contribution >= 4 is 21.6 Å². The summed E-state index contributed by atoms with van der Waals surface area (Å²) in [6, 6.07) is 14.3. The average molecular weight is 391 g/mol. The molecule has 0 spiro atoms. The number of amides is 1. The van der Waals surface area contributed by atoms with Crippen molar-refractivity contribution in [3.8, 4) is 5.75 Å². The van der Waals surface area contributed by atoms with Crippen molar-refractivity contribution in [2.24, 2.45) is 0 Å². The van der Waals surface area contributed by atoms with Crippen molar-refractivity contribution in [2.75, 3.05) is 23.7 Å². The van der Waals surface area contributed by atoms with Gasteiger partial charge in [-0.25, -0.2) is 8.42 Å². The highest BCUT2D eigenvalue weighted by atomic mass is 32.2. The molecule has 0 radical (unpaired) electrons. The van der Waals surface area contributed by atoms with E-state index in [1.807, 2.05) is 57.2 Å². The summed E-state index contributed by atoms with van der Waals surface area (Å²) in [7, 11) is -3.59. The van der Waals surface area contributed by atoms with E-state index < -0.39 is 10.0 Å². The van der Waals surface area contributed by atoms with E-state index in [2.05, 4.69) is 5.32 Å². The zero-order valence-corrected chi connectivity index (χ0v) is 16.9. The Morgan fingerprint density at radius 1 is 1.15 bits per heavy atom. The van der Waals surface area contributed by atoms with Gasteiger partial charge >= 0.3 is 0 Å². The topological polar surface area (TPSA) is 75.7 Å². The number of aryl methyl sites for hydroxylation is 1. The largest absolute Gasteiger partial charge is 0.494 e. The van der Waals surface area contributed by atoms with Gasteiger partial charge in [-0.05, 0) is 50.1 Å². The molecule has 0 saturated heterocycles. The van der Waals surface area contributed by atoms with Gasteiger partial charge < -0.3 is 10.1 Å². The van der Waals surface area contributed by atoms with Crippen LogP contribution in [-0.4, -0.2) is 33.7 Å². The van der Waals surface area contributed by atoms with Crippen LogP contribution in [0.25, 0.3) is 0 Å². The van der Waals surface area contributed by atoms with Gasteiger partial charge in [-0.15, -0.1) is 0 Å². The summed E-state index contributed by atoms with van der Waals surface area (Å²) in [5, 5.41) is 2.85. The first-order valence-corrected chi connectivity index (χ1v) is 10.6.